The molecule has 1 saturated heterocycles. The number of hydrogen-bond acceptors (Lipinski definition) is 3. The van der Waals surface area contributed by atoms with E-state index < -0.39 is 0 Å². The van der Waals surface area contributed by atoms with E-state index in [9.17, 15) is 9.59 Å². The fourth-order valence-electron chi connectivity index (χ4n) is 4.19. The Morgan fingerprint density at radius 1 is 1.03 bits per heavy atom. The van der Waals surface area contributed by atoms with Gasteiger partial charge in [-0.15, -0.1) is 0 Å². The predicted molar refractivity (Wildman–Crippen MR) is 120 cm³/mol. The lowest BCUT2D eigenvalue weighted by Crippen LogP contribution is -2.32. The number of aromatic nitrogens is 2. The molecule has 1 aliphatic heterocycles. The molecule has 0 spiro atoms. The van der Waals surface area contributed by atoms with Gasteiger partial charge in [0.05, 0.1) is 11.0 Å². The van der Waals surface area contributed by atoms with Crippen LogP contribution in [-0.4, -0.2) is 45.9 Å². The molecule has 0 radical (unpaired) electrons. The van der Waals surface area contributed by atoms with Crippen molar-refractivity contribution >= 4 is 22.8 Å². The summed E-state index contributed by atoms with van der Waals surface area (Å²) < 4.78 is 2.24. The second-order valence-electron chi connectivity index (χ2n) is 8.23. The molecule has 1 aliphatic rings. The third-order valence-electron chi connectivity index (χ3n) is 5.96. The average Bonchev–Trinajstić information content (AvgIpc) is 2.92. The lowest BCUT2D eigenvalue weighted by Gasteiger charge is -2.20. The van der Waals surface area contributed by atoms with E-state index >= 15 is 0 Å². The molecule has 1 aromatic heterocycles. The number of hydrogen-bond donors (Lipinski definition) is 1. The predicted octanol–water partition coefficient (Wildman–Crippen LogP) is 4.07. The van der Waals surface area contributed by atoms with Gasteiger partial charge in [-0.05, 0) is 37.8 Å². The Kier molecular flexibility index (Phi) is 8.72. The maximum absolute atomic E-state index is 12.8. The van der Waals surface area contributed by atoms with Gasteiger partial charge in [0.25, 0.3) is 0 Å². The van der Waals surface area contributed by atoms with Crippen molar-refractivity contribution in [3.05, 3.63) is 30.1 Å². The number of benzene rings is 1. The highest BCUT2D eigenvalue weighted by molar-refractivity contribution is 5.78. The summed E-state index contributed by atoms with van der Waals surface area (Å²) in [4.78, 5) is 31.0. The molecule has 0 bridgehead atoms. The maximum atomic E-state index is 12.8. The van der Waals surface area contributed by atoms with Crippen LogP contribution in [0.25, 0.3) is 11.0 Å². The summed E-state index contributed by atoms with van der Waals surface area (Å²) in [6.07, 6.45) is 9.79. The number of rotatable bonds is 10. The fraction of sp³-hybridized carbons (Fsp3) is 0.625. The van der Waals surface area contributed by atoms with Crippen LogP contribution in [0.2, 0.25) is 0 Å². The van der Waals surface area contributed by atoms with Crippen molar-refractivity contribution in [1.29, 1.82) is 0 Å². The molecule has 0 unspecified atom stereocenters. The first-order valence-corrected chi connectivity index (χ1v) is 11.7. The van der Waals surface area contributed by atoms with Gasteiger partial charge in [-0.3, -0.25) is 9.59 Å². The Bertz CT molecular complexity index is 822. The molecule has 1 N–H and O–H groups in total. The number of carbonyl (C=O) groups is 2. The molecule has 3 rings (SSSR count). The average molecular weight is 413 g/mol. The minimum Gasteiger partial charge on any atom is -0.356 e. The first kappa shape index (κ1) is 22.3. The summed E-state index contributed by atoms with van der Waals surface area (Å²) in [7, 11) is 0. The second kappa shape index (κ2) is 11.7. The molecule has 164 valence electrons. The maximum Gasteiger partial charge on any atom is 0.224 e. The zero-order chi connectivity index (χ0) is 21.2. The Hall–Kier alpha value is -2.37. The van der Waals surface area contributed by atoms with Crippen molar-refractivity contribution in [1.82, 2.24) is 19.8 Å². The van der Waals surface area contributed by atoms with Crippen LogP contribution in [0.5, 0.6) is 0 Å². The van der Waals surface area contributed by atoms with Crippen LogP contribution >= 0.6 is 0 Å². The zero-order valence-corrected chi connectivity index (χ0v) is 18.4. The number of para-hydroxylation sites is 2. The third-order valence-corrected chi connectivity index (χ3v) is 5.96. The molecule has 0 aliphatic carbocycles. The van der Waals surface area contributed by atoms with Crippen molar-refractivity contribution in [2.24, 2.45) is 0 Å². The van der Waals surface area contributed by atoms with Crippen LogP contribution < -0.4 is 5.32 Å². The van der Waals surface area contributed by atoms with Gasteiger partial charge in [0.15, 0.2) is 0 Å². The van der Waals surface area contributed by atoms with Crippen molar-refractivity contribution in [3.63, 3.8) is 0 Å². The topological polar surface area (TPSA) is 67.2 Å². The Morgan fingerprint density at radius 2 is 1.80 bits per heavy atom. The zero-order valence-electron chi connectivity index (χ0n) is 18.4. The quantitative estimate of drug-likeness (QED) is 0.598. The highest BCUT2D eigenvalue weighted by Gasteiger charge is 2.17. The van der Waals surface area contributed by atoms with E-state index in [1.54, 1.807) is 0 Å². The number of imidazole rings is 1. The molecule has 0 saturated carbocycles. The van der Waals surface area contributed by atoms with Gasteiger partial charge in [0.1, 0.15) is 5.82 Å². The molecule has 1 aromatic carbocycles. The van der Waals surface area contributed by atoms with E-state index in [0.29, 0.717) is 19.4 Å². The summed E-state index contributed by atoms with van der Waals surface area (Å²) in [5, 5.41) is 2.93. The first-order valence-electron chi connectivity index (χ1n) is 11.7. The fourth-order valence-corrected chi connectivity index (χ4v) is 4.19. The van der Waals surface area contributed by atoms with Crippen molar-refractivity contribution in [3.8, 4) is 0 Å². The van der Waals surface area contributed by atoms with E-state index in [1.807, 2.05) is 25.1 Å². The molecule has 6 heteroatoms. The number of aryl methyl sites for hydroxylation is 2. The van der Waals surface area contributed by atoms with Crippen LogP contribution in [0.15, 0.2) is 24.3 Å². The third kappa shape index (κ3) is 6.31. The molecule has 2 amide bonds. The van der Waals surface area contributed by atoms with Gasteiger partial charge in [0, 0.05) is 45.4 Å². The number of unbranched alkanes of at least 4 members (excludes halogenated alkanes) is 2. The smallest absolute Gasteiger partial charge is 0.224 e. The first-order chi connectivity index (χ1) is 14.7. The number of carbonyl (C=O) groups excluding carboxylic acids is 2. The monoisotopic (exact) mass is 412 g/mol. The molecule has 2 aromatic rings. The Balaban J connectivity index is 1.56. The number of nitrogens with one attached hydrogen (secondary N) is 1. The molecular weight excluding hydrogens is 376 g/mol. The summed E-state index contributed by atoms with van der Waals surface area (Å²) in [6.45, 7) is 5.12. The van der Waals surface area contributed by atoms with Crippen LogP contribution in [0.4, 0.5) is 0 Å². The van der Waals surface area contributed by atoms with Crippen LogP contribution in [0.1, 0.15) is 70.5 Å². The molecular formula is C24H36N4O2. The van der Waals surface area contributed by atoms with Gasteiger partial charge < -0.3 is 14.8 Å². The molecule has 1 fully saturated rings. The normalized spacial score (nSPS) is 14.6. The number of nitrogens with zero attached hydrogens (tertiary/aromatic N) is 3. The van der Waals surface area contributed by atoms with Crippen LogP contribution in [0.3, 0.4) is 0 Å². The standard InChI is InChI=1S/C24H36N4O2/c1-2-23(29)25-16-9-5-6-14-22-26-20-12-7-8-13-21(20)28(22)19-15-24(30)27-17-10-3-4-11-18-27/h7-8,12-13H,2-6,9-11,14-19H2,1H3,(H,25,29). The van der Waals surface area contributed by atoms with Crippen molar-refractivity contribution in [2.75, 3.05) is 19.6 Å². The number of fused-ring (bicyclic) bond motifs is 1. The summed E-state index contributed by atoms with van der Waals surface area (Å²) in [5.41, 5.74) is 2.12. The van der Waals surface area contributed by atoms with E-state index in [-0.39, 0.29) is 11.8 Å². The van der Waals surface area contributed by atoms with Crippen molar-refractivity contribution < 1.29 is 9.59 Å². The van der Waals surface area contributed by atoms with E-state index in [2.05, 4.69) is 20.9 Å². The highest BCUT2D eigenvalue weighted by atomic mass is 16.2. The van der Waals surface area contributed by atoms with Gasteiger partial charge in [0.2, 0.25) is 11.8 Å². The van der Waals surface area contributed by atoms with E-state index in [0.717, 1.165) is 75.0 Å². The van der Waals surface area contributed by atoms with E-state index in [4.69, 9.17) is 4.98 Å². The Labute approximate surface area is 180 Å². The molecule has 2 heterocycles. The summed E-state index contributed by atoms with van der Waals surface area (Å²) in [6, 6.07) is 8.20. The molecule has 6 nitrogen and oxygen atoms in total. The SMILES string of the molecule is CCC(=O)NCCCCCc1nc2ccccc2n1CCC(=O)N1CCCCCC1. The van der Waals surface area contributed by atoms with Gasteiger partial charge in [-0.2, -0.15) is 0 Å². The van der Waals surface area contributed by atoms with Crippen molar-refractivity contribution in [2.45, 2.75) is 77.7 Å². The minimum atomic E-state index is 0.117. The van der Waals surface area contributed by atoms with Gasteiger partial charge >= 0.3 is 0 Å². The second-order valence-corrected chi connectivity index (χ2v) is 8.23. The Morgan fingerprint density at radius 3 is 2.57 bits per heavy atom. The largest absolute Gasteiger partial charge is 0.356 e. The number of amides is 2. The highest BCUT2D eigenvalue weighted by Crippen LogP contribution is 2.19. The van der Waals surface area contributed by atoms with E-state index in [1.165, 1.54) is 12.8 Å². The molecule has 0 atom stereocenters. The summed E-state index contributed by atoms with van der Waals surface area (Å²) >= 11 is 0. The van der Waals surface area contributed by atoms with Crippen LogP contribution in [0, 0.1) is 0 Å². The van der Waals surface area contributed by atoms with Gasteiger partial charge in [-0.1, -0.05) is 38.3 Å². The van der Waals surface area contributed by atoms with Crippen LogP contribution in [-0.2, 0) is 22.6 Å². The lowest BCUT2D eigenvalue weighted by molar-refractivity contribution is -0.131. The minimum absolute atomic E-state index is 0.117. The molecule has 30 heavy (non-hydrogen) atoms. The van der Waals surface area contributed by atoms with Gasteiger partial charge in [-0.25, -0.2) is 4.98 Å². The lowest BCUT2D eigenvalue weighted by atomic mass is 10.2. The number of likely N-dealkylation sites (tertiary alicyclic amines) is 1. The summed E-state index contributed by atoms with van der Waals surface area (Å²) in [5.74, 6) is 1.45.